The minimum absolute atomic E-state index is 0.384. The van der Waals surface area contributed by atoms with Crippen molar-refractivity contribution in [2.75, 3.05) is 0 Å². The molecule has 2 rings (SSSR count). The molecule has 178 valence electrons. The minimum Gasteiger partial charge on any atom is -0.388 e. The van der Waals surface area contributed by atoms with Gasteiger partial charge < -0.3 is 10.7 Å². The van der Waals surface area contributed by atoms with Crippen LogP contribution in [0.3, 0.4) is 0 Å². The van der Waals surface area contributed by atoms with Gasteiger partial charge in [-0.05, 0) is 12.0 Å². The molecular weight excluding hydrogens is 410 g/mol. The van der Waals surface area contributed by atoms with E-state index in [0.717, 1.165) is 30.1 Å². The Balaban J connectivity index is 1.51. The van der Waals surface area contributed by atoms with E-state index in [1.807, 2.05) is 6.07 Å². The average Bonchev–Trinajstić information content (AvgIpc) is 3.20. The summed E-state index contributed by atoms with van der Waals surface area (Å²) in [7, 11) is 0. The van der Waals surface area contributed by atoms with Crippen LogP contribution in [-0.2, 0) is 12.8 Å². The monoisotopic (exact) mass is 455 g/mol. The lowest BCUT2D eigenvalue weighted by Crippen LogP contribution is -2.12. The molecule has 3 nitrogen and oxygen atoms in total. The van der Waals surface area contributed by atoms with Gasteiger partial charge in [-0.3, -0.25) is 0 Å². The van der Waals surface area contributed by atoms with Gasteiger partial charge in [0.05, 0.1) is 0 Å². The molecule has 0 saturated heterocycles. The number of nitrogens with zero attached hydrogens (tertiary/aromatic N) is 1. The third kappa shape index (κ3) is 11.3. The normalized spacial score (nSPS) is 11.2. The maximum absolute atomic E-state index is 5.92. The highest BCUT2D eigenvalue weighted by atomic mass is 32.1. The van der Waals surface area contributed by atoms with Crippen molar-refractivity contribution in [1.82, 2.24) is 9.97 Å². The van der Waals surface area contributed by atoms with Gasteiger partial charge in [0.2, 0.25) is 0 Å². The fourth-order valence-corrected chi connectivity index (χ4v) is 4.55. The number of aryl methyl sites for hydroxylation is 1. The highest BCUT2D eigenvalue weighted by Crippen LogP contribution is 2.16. The molecule has 0 amide bonds. The van der Waals surface area contributed by atoms with Crippen LogP contribution in [0.5, 0.6) is 0 Å². The molecule has 4 heteroatoms. The zero-order chi connectivity index (χ0) is 22.9. The molecular formula is C28H45N3S. The fraction of sp³-hybridized carbons (Fsp3) is 0.643. The third-order valence-corrected chi connectivity index (χ3v) is 6.50. The summed E-state index contributed by atoms with van der Waals surface area (Å²) in [6.07, 6.45) is 22.6. The SMILES string of the molecule is CCCCCCCCCCCCCCCCCc1nc(C(N)=S)c(Cc2ccccc2)[nH]1. The average molecular weight is 456 g/mol. The van der Waals surface area contributed by atoms with Crippen LogP contribution >= 0.6 is 12.2 Å². The van der Waals surface area contributed by atoms with Crippen molar-refractivity contribution in [3.63, 3.8) is 0 Å². The molecule has 0 fully saturated rings. The van der Waals surface area contributed by atoms with Crippen molar-refractivity contribution in [2.24, 2.45) is 5.73 Å². The molecule has 0 aliphatic rings. The van der Waals surface area contributed by atoms with Crippen molar-refractivity contribution >= 4 is 17.2 Å². The van der Waals surface area contributed by atoms with Gasteiger partial charge in [-0.15, -0.1) is 0 Å². The Labute approximate surface area is 202 Å². The van der Waals surface area contributed by atoms with E-state index in [1.54, 1.807) is 0 Å². The van der Waals surface area contributed by atoms with Crippen LogP contribution in [0.15, 0.2) is 30.3 Å². The Bertz CT molecular complexity index is 738. The topological polar surface area (TPSA) is 54.7 Å². The quantitative estimate of drug-likeness (QED) is 0.166. The number of nitrogens with two attached hydrogens (primary N) is 1. The van der Waals surface area contributed by atoms with Crippen LogP contribution in [0, 0.1) is 0 Å². The van der Waals surface area contributed by atoms with Crippen LogP contribution < -0.4 is 5.73 Å². The van der Waals surface area contributed by atoms with E-state index in [0.29, 0.717) is 4.99 Å². The lowest BCUT2D eigenvalue weighted by atomic mass is 10.0. The first-order valence-electron chi connectivity index (χ1n) is 13.1. The van der Waals surface area contributed by atoms with E-state index in [-0.39, 0.29) is 0 Å². The number of thiocarbonyl (C=S) groups is 1. The summed E-state index contributed by atoms with van der Waals surface area (Å²) in [5.41, 5.74) is 8.96. The summed E-state index contributed by atoms with van der Waals surface area (Å²) >= 11 is 5.22. The zero-order valence-corrected chi connectivity index (χ0v) is 21.2. The Kier molecular flexibility index (Phi) is 14.0. The summed E-state index contributed by atoms with van der Waals surface area (Å²) in [5.74, 6) is 1.02. The predicted molar refractivity (Wildman–Crippen MR) is 142 cm³/mol. The number of nitrogens with one attached hydrogen (secondary N) is 1. The maximum Gasteiger partial charge on any atom is 0.124 e. The summed E-state index contributed by atoms with van der Waals surface area (Å²) in [5, 5.41) is 0. The second-order valence-electron chi connectivity index (χ2n) is 9.24. The molecule has 0 aliphatic heterocycles. The number of aromatic amines is 1. The molecule has 0 atom stereocenters. The van der Waals surface area contributed by atoms with Crippen LogP contribution in [-0.4, -0.2) is 15.0 Å². The highest BCUT2D eigenvalue weighted by molar-refractivity contribution is 7.80. The standard InChI is InChI=1S/C28H45N3S/c1-2-3-4-5-6-7-8-9-10-11-12-13-14-15-19-22-26-30-25(27(31-26)28(29)32)23-24-20-17-16-18-21-24/h16-18,20-21H,2-15,19,22-23H2,1H3,(H2,29,32)(H,30,31). The van der Waals surface area contributed by atoms with E-state index in [2.05, 4.69) is 41.2 Å². The van der Waals surface area contributed by atoms with Crippen LogP contribution in [0.25, 0.3) is 0 Å². The summed E-state index contributed by atoms with van der Waals surface area (Å²) in [6.45, 7) is 2.29. The van der Waals surface area contributed by atoms with Gasteiger partial charge in [0, 0.05) is 18.5 Å². The van der Waals surface area contributed by atoms with Gasteiger partial charge in [0.1, 0.15) is 16.5 Å². The number of unbranched alkanes of at least 4 members (excludes halogenated alkanes) is 14. The molecule has 0 spiro atoms. The molecule has 0 aliphatic carbocycles. The lowest BCUT2D eigenvalue weighted by molar-refractivity contribution is 0.531. The van der Waals surface area contributed by atoms with Crippen molar-refractivity contribution in [1.29, 1.82) is 0 Å². The number of benzene rings is 1. The van der Waals surface area contributed by atoms with Crippen molar-refractivity contribution in [3.05, 3.63) is 53.1 Å². The van der Waals surface area contributed by atoms with E-state index < -0.39 is 0 Å². The Hall–Kier alpha value is -1.68. The van der Waals surface area contributed by atoms with Crippen LogP contribution in [0.1, 0.15) is 126 Å². The van der Waals surface area contributed by atoms with Gasteiger partial charge in [-0.2, -0.15) is 0 Å². The zero-order valence-electron chi connectivity index (χ0n) is 20.3. The summed E-state index contributed by atoms with van der Waals surface area (Å²) < 4.78 is 0. The molecule has 1 aromatic heterocycles. The smallest absolute Gasteiger partial charge is 0.124 e. The van der Waals surface area contributed by atoms with Crippen molar-refractivity contribution < 1.29 is 0 Å². The Morgan fingerprint density at radius 1 is 0.781 bits per heavy atom. The van der Waals surface area contributed by atoms with E-state index in [4.69, 9.17) is 18.0 Å². The molecule has 1 heterocycles. The van der Waals surface area contributed by atoms with Crippen molar-refractivity contribution in [2.45, 2.75) is 116 Å². The van der Waals surface area contributed by atoms with E-state index in [9.17, 15) is 0 Å². The molecule has 32 heavy (non-hydrogen) atoms. The van der Waals surface area contributed by atoms with E-state index >= 15 is 0 Å². The largest absolute Gasteiger partial charge is 0.388 e. The van der Waals surface area contributed by atoms with Gasteiger partial charge in [-0.1, -0.05) is 139 Å². The third-order valence-electron chi connectivity index (χ3n) is 6.30. The van der Waals surface area contributed by atoms with E-state index in [1.165, 1.54) is 102 Å². The molecule has 1 aromatic carbocycles. The molecule has 0 bridgehead atoms. The van der Waals surface area contributed by atoms with Gasteiger partial charge in [-0.25, -0.2) is 4.98 Å². The first-order valence-corrected chi connectivity index (χ1v) is 13.5. The minimum atomic E-state index is 0.384. The predicted octanol–water partition coefficient (Wildman–Crippen LogP) is 8.05. The molecule has 0 saturated carbocycles. The first-order chi connectivity index (χ1) is 15.7. The van der Waals surface area contributed by atoms with Gasteiger partial charge in [0.25, 0.3) is 0 Å². The first kappa shape index (κ1) is 26.6. The second kappa shape index (κ2) is 16.9. The van der Waals surface area contributed by atoms with Gasteiger partial charge in [0.15, 0.2) is 0 Å². The van der Waals surface area contributed by atoms with Crippen LogP contribution in [0.2, 0.25) is 0 Å². The lowest BCUT2D eigenvalue weighted by Gasteiger charge is -2.03. The number of H-pyrrole nitrogens is 1. The Morgan fingerprint density at radius 3 is 1.78 bits per heavy atom. The number of rotatable bonds is 19. The number of imidazole rings is 1. The van der Waals surface area contributed by atoms with Crippen molar-refractivity contribution in [3.8, 4) is 0 Å². The molecule has 0 radical (unpaired) electrons. The maximum atomic E-state index is 5.92. The molecule has 0 unspecified atom stereocenters. The number of aromatic nitrogens is 2. The number of hydrogen-bond acceptors (Lipinski definition) is 2. The molecule has 3 N–H and O–H groups in total. The number of hydrogen-bond donors (Lipinski definition) is 2. The highest BCUT2D eigenvalue weighted by Gasteiger charge is 2.13. The summed E-state index contributed by atoms with van der Waals surface area (Å²) in [6, 6.07) is 10.4. The summed E-state index contributed by atoms with van der Waals surface area (Å²) in [4.78, 5) is 8.55. The van der Waals surface area contributed by atoms with Gasteiger partial charge >= 0.3 is 0 Å². The second-order valence-corrected chi connectivity index (χ2v) is 9.68. The molecule has 2 aromatic rings. The Morgan fingerprint density at radius 2 is 1.28 bits per heavy atom. The fourth-order valence-electron chi connectivity index (χ4n) is 4.38. The van der Waals surface area contributed by atoms with Crippen LogP contribution in [0.4, 0.5) is 0 Å².